The van der Waals surface area contributed by atoms with Gasteiger partial charge in [-0.05, 0) is 12.1 Å². The zero-order valence-corrected chi connectivity index (χ0v) is 9.31. The Balaban J connectivity index is 2.38. The van der Waals surface area contributed by atoms with Crippen LogP contribution >= 0.6 is 0 Å². The van der Waals surface area contributed by atoms with Gasteiger partial charge in [0.15, 0.2) is 0 Å². The summed E-state index contributed by atoms with van der Waals surface area (Å²) in [6.07, 6.45) is 3.75. The standard InChI is InChI=1S/C8H9N5O3S/c9-12-7-2-1-3-10-8(7)17(14,15)13-6-4-11-16-5-6/h1-5,12-13H,9H2. The van der Waals surface area contributed by atoms with Crippen LogP contribution in [0.5, 0.6) is 0 Å². The van der Waals surface area contributed by atoms with E-state index in [2.05, 4.69) is 24.8 Å². The van der Waals surface area contributed by atoms with Crippen molar-refractivity contribution >= 4 is 21.4 Å². The maximum atomic E-state index is 11.9. The molecule has 0 amide bonds. The second-order valence-corrected chi connectivity index (χ2v) is 4.62. The normalized spacial score (nSPS) is 11.1. The number of hydrazine groups is 1. The van der Waals surface area contributed by atoms with Gasteiger partial charge in [-0.3, -0.25) is 10.6 Å². The minimum absolute atomic E-state index is 0.191. The number of hydrogen-bond acceptors (Lipinski definition) is 7. The number of nitrogens with two attached hydrogens (primary N) is 1. The van der Waals surface area contributed by atoms with Crippen LogP contribution in [0.3, 0.4) is 0 Å². The minimum atomic E-state index is -3.83. The third-order valence-corrected chi connectivity index (χ3v) is 3.20. The lowest BCUT2D eigenvalue weighted by molar-refractivity contribution is 0.420. The number of rotatable bonds is 4. The first-order valence-electron chi connectivity index (χ1n) is 4.47. The van der Waals surface area contributed by atoms with Crippen LogP contribution in [0.25, 0.3) is 0 Å². The molecule has 2 rings (SSSR count). The first-order chi connectivity index (χ1) is 8.13. The van der Waals surface area contributed by atoms with Crippen molar-refractivity contribution in [1.82, 2.24) is 10.1 Å². The molecule has 2 aromatic rings. The Bertz CT molecular complexity index is 595. The molecular formula is C8H9N5O3S. The number of nitrogens with one attached hydrogen (secondary N) is 2. The fraction of sp³-hybridized carbons (Fsp3) is 0. The summed E-state index contributed by atoms with van der Waals surface area (Å²) in [5.41, 5.74) is 2.66. The lowest BCUT2D eigenvalue weighted by Gasteiger charge is -2.08. The Kier molecular flexibility index (Phi) is 2.93. The SMILES string of the molecule is NNc1cccnc1S(=O)(=O)Nc1cnoc1. The molecule has 0 fully saturated rings. The summed E-state index contributed by atoms with van der Waals surface area (Å²) < 4.78 is 30.6. The van der Waals surface area contributed by atoms with Crippen molar-refractivity contribution in [3.8, 4) is 0 Å². The van der Waals surface area contributed by atoms with Gasteiger partial charge in [-0.2, -0.15) is 8.42 Å². The Hall–Kier alpha value is -2.13. The van der Waals surface area contributed by atoms with E-state index in [1.807, 2.05) is 0 Å². The number of hydrogen-bond donors (Lipinski definition) is 3. The van der Waals surface area contributed by atoms with E-state index in [4.69, 9.17) is 5.84 Å². The van der Waals surface area contributed by atoms with Crippen molar-refractivity contribution in [3.05, 3.63) is 30.8 Å². The van der Waals surface area contributed by atoms with Crippen LogP contribution in [0.15, 0.2) is 40.3 Å². The molecule has 90 valence electrons. The molecule has 0 atom stereocenters. The van der Waals surface area contributed by atoms with Gasteiger partial charge >= 0.3 is 0 Å². The van der Waals surface area contributed by atoms with Gasteiger partial charge in [0.2, 0.25) is 5.03 Å². The molecule has 0 unspecified atom stereocenters. The van der Waals surface area contributed by atoms with Gasteiger partial charge in [0.1, 0.15) is 12.0 Å². The molecule has 0 saturated heterocycles. The number of nitrogen functional groups attached to an aromatic ring is 1. The van der Waals surface area contributed by atoms with Crippen LogP contribution < -0.4 is 16.0 Å². The summed E-state index contributed by atoms with van der Waals surface area (Å²) in [6, 6.07) is 3.06. The summed E-state index contributed by atoms with van der Waals surface area (Å²) in [5, 5.41) is 3.18. The summed E-state index contributed by atoms with van der Waals surface area (Å²) in [6.45, 7) is 0. The van der Waals surface area contributed by atoms with E-state index in [0.717, 1.165) is 6.26 Å². The highest BCUT2D eigenvalue weighted by molar-refractivity contribution is 7.92. The number of anilines is 2. The molecule has 4 N–H and O–H groups in total. The number of sulfonamides is 1. The predicted molar refractivity (Wildman–Crippen MR) is 59.4 cm³/mol. The molecule has 0 bridgehead atoms. The Morgan fingerprint density at radius 3 is 2.88 bits per heavy atom. The Morgan fingerprint density at radius 2 is 2.24 bits per heavy atom. The summed E-state index contributed by atoms with van der Waals surface area (Å²) >= 11 is 0. The molecule has 8 nitrogen and oxygen atoms in total. The van der Waals surface area contributed by atoms with Gasteiger partial charge in [0.05, 0.1) is 11.9 Å². The monoisotopic (exact) mass is 255 g/mol. The van der Waals surface area contributed by atoms with Crippen molar-refractivity contribution in [2.45, 2.75) is 5.03 Å². The van der Waals surface area contributed by atoms with Gasteiger partial charge in [0, 0.05) is 6.20 Å². The van der Waals surface area contributed by atoms with E-state index in [9.17, 15) is 8.42 Å². The molecule has 0 radical (unpaired) electrons. The minimum Gasteiger partial charge on any atom is -0.362 e. The molecule has 0 spiro atoms. The van der Waals surface area contributed by atoms with Gasteiger partial charge in [-0.15, -0.1) is 0 Å². The second-order valence-electron chi connectivity index (χ2n) is 3.02. The van der Waals surface area contributed by atoms with Crippen molar-refractivity contribution in [3.63, 3.8) is 0 Å². The summed E-state index contributed by atoms with van der Waals surface area (Å²) in [4.78, 5) is 3.76. The quantitative estimate of drug-likeness (QED) is 0.525. The number of pyridine rings is 1. The average Bonchev–Trinajstić information content (AvgIpc) is 2.81. The molecule has 2 aromatic heterocycles. The van der Waals surface area contributed by atoms with Gasteiger partial charge in [-0.25, -0.2) is 4.98 Å². The number of nitrogens with zero attached hydrogens (tertiary/aromatic N) is 2. The van der Waals surface area contributed by atoms with Crippen LogP contribution in [0.1, 0.15) is 0 Å². The van der Waals surface area contributed by atoms with E-state index < -0.39 is 10.0 Å². The Labute approximate surface area is 96.8 Å². The molecule has 0 aromatic carbocycles. The lowest BCUT2D eigenvalue weighted by Crippen LogP contribution is -2.18. The summed E-state index contributed by atoms with van der Waals surface area (Å²) in [5.74, 6) is 5.21. The van der Waals surface area contributed by atoms with Crippen molar-refractivity contribution in [2.75, 3.05) is 10.1 Å². The van der Waals surface area contributed by atoms with Crippen molar-refractivity contribution in [2.24, 2.45) is 5.84 Å². The average molecular weight is 255 g/mol. The maximum Gasteiger partial charge on any atom is 0.281 e. The zero-order valence-electron chi connectivity index (χ0n) is 8.49. The van der Waals surface area contributed by atoms with Gasteiger partial charge in [-0.1, -0.05) is 5.16 Å². The first kappa shape index (κ1) is 11.4. The van der Waals surface area contributed by atoms with Gasteiger partial charge < -0.3 is 9.95 Å². The van der Waals surface area contributed by atoms with Crippen LogP contribution in [-0.4, -0.2) is 18.6 Å². The molecule has 0 aliphatic heterocycles. The molecule has 0 aliphatic carbocycles. The highest BCUT2D eigenvalue weighted by atomic mass is 32.2. The molecule has 0 aliphatic rings. The third kappa shape index (κ3) is 2.34. The van der Waals surface area contributed by atoms with Crippen LogP contribution in [-0.2, 0) is 10.0 Å². The molecular weight excluding hydrogens is 246 g/mol. The zero-order chi connectivity index (χ0) is 12.3. The van der Waals surface area contributed by atoms with Crippen LogP contribution in [0.2, 0.25) is 0 Å². The second kappa shape index (κ2) is 4.39. The van der Waals surface area contributed by atoms with E-state index >= 15 is 0 Å². The number of aromatic nitrogens is 2. The van der Waals surface area contributed by atoms with Crippen LogP contribution in [0.4, 0.5) is 11.4 Å². The topological polar surface area (TPSA) is 123 Å². The van der Waals surface area contributed by atoms with Gasteiger partial charge in [0.25, 0.3) is 10.0 Å². The summed E-state index contributed by atoms with van der Waals surface area (Å²) in [7, 11) is -3.83. The molecule has 0 saturated carbocycles. The van der Waals surface area contributed by atoms with Crippen molar-refractivity contribution < 1.29 is 12.9 Å². The van der Waals surface area contributed by atoms with E-state index in [0.29, 0.717) is 0 Å². The fourth-order valence-electron chi connectivity index (χ4n) is 1.17. The molecule has 2 heterocycles. The van der Waals surface area contributed by atoms with E-state index in [-0.39, 0.29) is 16.4 Å². The first-order valence-corrected chi connectivity index (χ1v) is 5.95. The van der Waals surface area contributed by atoms with Crippen molar-refractivity contribution in [1.29, 1.82) is 0 Å². The van der Waals surface area contributed by atoms with E-state index in [1.165, 1.54) is 18.5 Å². The molecule has 17 heavy (non-hydrogen) atoms. The highest BCUT2D eigenvalue weighted by Gasteiger charge is 2.20. The maximum absolute atomic E-state index is 11.9. The smallest absolute Gasteiger partial charge is 0.281 e. The predicted octanol–water partition coefficient (Wildman–Crippen LogP) is 0.156. The molecule has 9 heteroatoms. The van der Waals surface area contributed by atoms with Crippen LogP contribution in [0, 0.1) is 0 Å². The fourth-order valence-corrected chi connectivity index (χ4v) is 2.30. The third-order valence-electron chi connectivity index (χ3n) is 1.87. The highest BCUT2D eigenvalue weighted by Crippen LogP contribution is 2.19. The largest absolute Gasteiger partial charge is 0.362 e. The lowest BCUT2D eigenvalue weighted by atomic mass is 10.4. The Morgan fingerprint density at radius 1 is 1.41 bits per heavy atom. The van der Waals surface area contributed by atoms with E-state index in [1.54, 1.807) is 6.07 Å².